The molecule has 2 rings (SSSR count). The van der Waals surface area contributed by atoms with E-state index in [1.54, 1.807) is 37.3 Å². The second-order valence-corrected chi connectivity index (χ2v) is 6.66. The highest BCUT2D eigenvalue weighted by Crippen LogP contribution is 2.34. The smallest absolute Gasteiger partial charge is 0.313 e. The number of rotatable bonds is 4. The van der Waals surface area contributed by atoms with Crippen LogP contribution in [0.15, 0.2) is 48.7 Å². The molecule has 1 fully saturated rings. The molecule has 2 heterocycles. The molecule has 1 aliphatic heterocycles. The predicted molar refractivity (Wildman–Crippen MR) is 105 cm³/mol. The van der Waals surface area contributed by atoms with E-state index in [1.165, 1.54) is 6.20 Å². The fourth-order valence-corrected chi connectivity index (χ4v) is 2.88. The van der Waals surface area contributed by atoms with Crippen LogP contribution >= 0.6 is 0 Å². The maximum Gasteiger partial charge on any atom is 0.313 e. The Bertz CT molecular complexity index is 833. The summed E-state index contributed by atoms with van der Waals surface area (Å²) in [4.78, 5) is 30.1. The fourth-order valence-electron chi connectivity index (χ4n) is 2.88. The van der Waals surface area contributed by atoms with Crippen LogP contribution in [0.25, 0.3) is 0 Å². The SMILES string of the molecule is C=C(/C=C\C=C/C)[C@@H]1CC(F)(F)CCN1C(=O)C(=O)Nc1cnc(N)c(C)c1. The van der Waals surface area contributed by atoms with Crippen molar-refractivity contribution >= 4 is 23.3 Å². The Balaban J connectivity index is 2.18. The van der Waals surface area contributed by atoms with E-state index in [2.05, 4.69) is 16.9 Å². The Morgan fingerprint density at radius 2 is 2.14 bits per heavy atom. The molecule has 0 radical (unpaired) electrons. The highest BCUT2D eigenvalue weighted by Gasteiger charge is 2.43. The molecular weight excluding hydrogens is 366 g/mol. The maximum atomic E-state index is 13.9. The van der Waals surface area contributed by atoms with E-state index in [0.717, 1.165) is 4.90 Å². The molecule has 1 aromatic rings. The molecule has 1 aliphatic rings. The van der Waals surface area contributed by atoms with Crippen LogP contribution in [0.1, 0.15) is 25.3 Å². The van der Waals surface area contributed by atoms with Crippen LogP contribution in [0.2, 0.25) is 0 Å². The van der Waals surface area contributed by atoms with Crippen LogP contribution in [-0.2, 0) is 9.59 Å². The number of anilines is 2. The number of nitrogens with zero attached hydrogens (tertiary/aromatic N) is 2. The van der Waals surface area contributed by atoms with Gasteiger partial charge in [0.05, 0.1) is 17.9 Å². The second-order valence-electron chi connectivity index (χ2n) is 6.66. The Labute approximate surface area is 162 Å². The van der Waals surface area contributed by atoms with Crippen molar-refractivity contribution in [3.63, 3.8) is 0 Å². The zero-order valence-electron chi connectivity index (χ0n) is 15.9. The molecule has 1 atom stereocenters. The number of nitrogens with one attached hydrogen (secondary N) is 1. The minimum atomic E-state index is -2.92. The number of nitrogen functional groups attached to an aromatic ring is 1. The van der Waals surface area contributed by atoms with Crippen LogP contribution in [-0.4, -0.2) is 40.2 Å². The van der Waals surface area contributed by atoms with Gasteiger partial charge in [-0.05, 0) is 31.1 Å². The van der Waals surface area contributed by atoms with Gasteiger partial charge in [0.15, 0.2) is 0 Å². The zero-order valence-corrected chi connectivity index (χ0v) is 15.9. The molecule has 0 bridgehead atoms. The first-order valence-electron chi connectivity index (χ1n) is 8.84. The van der Waals surface area contributed by atoms with Gasteiger partial charge in [-0.1, -0.05) is 30.9 Å². The van der Waals surface area contributed by atoms with Crippen LogP contribution in [0.5, 0.6) is 0 Å². The number of hydrogen-bond acceptors (Lipinski definition) is 4. The Morgan fingerprint density at radius 1 is 1.43 bits per heavy atom. The van der Waals surface area contributed by atoms with Crippen LogP contribution < -0.4 is 11.1 Å². The Kier molecular flexibility index (Phi) is 6.66. The van der Waals surface area contributed by atoms with E-state index in [1.807, 2.05) is 6.92 Å². The van der Waals surface area contributed by atoms with E-state index < -0.39 is 36.6 Å². The van der Waals surface area contributed by atoms with Crippen molar-refractivity contribution < 1.29 is 18.4 Å². The summed E-state index contributed by atoms with van der Waals surface area (Å²) in [5.41, 5.74) is 6.91. The average Bonchev–Trinajstić information content (AvgIpc) is 2.63. The highest BCUT2D eigenvalue weighted by molar-refractivity contribution is 6.39. The molecule has 0 saturated carbocycles. The molecule has 1 saturated heterocycles. The number of carbonyl (C=O) groups is 2. The molecule has 0 unspecified atom stereocenters. The van der Waals surface area contributed by atoms with Gasteiger partial charge in [0.2, 0.25) is 0 Å². The summed E-state index contributed by atoms with van der Waals surface area (Å²) in [5, 5.41) is 2.44. The molecule has 6 nitrogen and oxygen atoms in total. The van der Waals surface area contributed by atoms with Crippen molar-refractivity contribution in [2.24, 2.45) is 0 Å². The monoisotopic (exact) mass is 390 g/mol. The van der Waals surface area contributed by atoms with Crippen LogP contribution in [0.3, 0.4) is 0 Å². The van der Waals surface area contributed by atoms with Gasteiger partial charge in [-0.3, -0.25) is 9.59 Å². The number of carbonyl (C=O) groups excluding carboxylic acids is 2. The van der Waals surface area contributed by atoms with Gasteiger partial charge in [0.25, 0.3) is 5.92 Å². The third-order valence-corrected chi connectivity index (χ3v) is 4.46. The number of amides is 2. The lowest BCUT2D eigenvalue weighted by Gasteiger charge is -2.39. The van der Waals surface area contributed by atoms with Gasteiger partial charge in [-0.25, -0.2) is 13.8 Å². The Hall–Kier alpha value is -3.03. The molecule has 0 aromatic carbocycles. The first-order valence-corrected chi connectivity index (χ1v) is 8.84. The quantitative estimate of drug-likeness (QED) is 0.610. The lowest BCUT2D eigenvalue weighted by Crippen LogP contribution is -2.53. The number of allylic oxidation sites excluding steroid dienone is 3. The number of halogens is 2. The summed E-state index contributed by atoms with van der Waals surface area (Å²) < 4.78 is 27.9. The average molecular weight is 390 g/mol. The first-order chi connectivity index (χ1) is 13.1. The van der Waals surface area contributed by atoms with Crippen molar-refractivity contribution in [3.8, 4) is 0 Å². The summed E-state index contributed by atoms with van der Waals surface area (Å²) in [7, 11) is 0. The van der Waals surface area contributed by atoms with Gasteiger partial charge in [-0.15, -0.1) is 0 Å². The van der Waals surface area contributed by atoms with E-state index in [9.17, 15) is 18.4 Å². The number of aromatic nitrogens is 1. The highest BCUT2D eigenvalue weighted by atomic mass is 19.3. The van der Waals surface area contributed by atoms with E-state index in [-0.39, 0.29) is 6.54 Å². The molecule has 0 spiro atoms. The molecule has 2 amide bonds. The van der Waals surface area contributed by atoms with E-state index in [4.69, 9.17) is 5.73 Å². The second kappa shape index (κ2) is 8.77. The number of piperidine rings is 1. The van der Waals surface area contributed by atoms with Gasteiger partial charge < -0.3 is 16.0 Å². The lowest BCUT2D eigenvalue weighted by atomic mass is 9.92. The standard InChI is InChI=1S/C20H24F2N4O2/c1-4-5-6-7-13(2)16-11-20(21,22)8-9-26(16)19(28)18(27)25-15-10-14(3)17(23)24-12-15/h4-7,10,12,16H,2,8-9,11H2,1,3H3,(H2,23,24)(H,25,27)/b5-4-,7-6-/t16-/m0/s1. The first kappa shape index (κ1) is 21.3. The maximum absolute atomic E-state index is 13.9. The lowest BCUT2D eigenvalue weighted by molar-refractivity contribution is -0.150. The minimum Gasteiger partial charge on any atom is -0.383 e. The van der Waals surface area contributed by atoms with Crippen LogP contribution in [0.4, 0.5) is 20.3 Å². The number of hydrogen-bond donors (Lipinski definition) is 2. The van der Waals surface area contributed by atoms with E-state index >= 15 is 0 Å². The van der Waals surface area contributed by atoms with Crippen molar-refractivity contribution in [2.75, 3.05) is 17.6 Å². The van der Waals surface area contributed by atoms with Crippen LogP contribution in [0, 0.1) is 6.92 Å². The van der Waals surface area contributed by atoms with Crippen molar-refractivity contribution in [3.05, 3.63) is 54.3 Å². The zero-order chi connectivity index (χ0) is 20.9. The Morgan fingerprint density at radius 3 is 2.79 bits per heavy atom. The topological polar surface area (TPSA) is 88.3 Å². The van der Waals surface area contributed by atoms with Gasteiger partial charge in [-0.2, -0.15) is 0 Å². The van der Waals surface area contributed by atoms with Crippen molar-refractivity contribution in [1.29, 1.82) is 0 Å². The molecule has 8 heteroatoms. The molecule has 0 aliphatic carbocycles. The molecule has 1 aromatic heterocycles. The summed E-state index contributed by atoms with van der Waals surface area (Å²) >= 11 is 0. The predicted octanol–water partition coefficient (Wildman–Crippen LogP) is 3.23. The number of alkyl halides is 2. The molecular formula is C20H24F2N4O2. The summed E-state index contributed by atoms with van der Waals surface area (Å²) in [6.45, 7) is 7.10. The number of aryl methyl sites for hydroxylation is 1. The fraction of sp³-hybridized carbons (Fsp3) is 0.350. The van der Waals surface area contributed by atoms with E-state index in [0.29, 0.717) is 22.6 Å². The summed E-state index contributed by atoms with van der Waals surface area (Å²) in [6, 6.07) is 0.614. The third-order valence-electron chi connectivity index (χ3n) is 4.46. The van der Waals surface area contributed by atoms with Gasteiger partial charge in [0.1, 0.15) is 5.82 Å². The summed E-state index contributed by atoms with van der Waals surface area (Å²) in [6.07, 6.45) is 6.97. The molecule has 3 N–H and O–H groups in total. The molecule has 150 valence electrons. The van der Waals surface area contributed by atoms with Crippen molar-refractivity contribution in [2.45, 2.75) is 38.7 Å². The molecule has 28 heavy (non-hydrogen) atoms. The number of likely N-dealkylation sites (tertiary alicyclic amines) is 1. The minimum absolute atomic E-state index is 0.237. The normalized spacial score (nSPS) is 19.1. The number of pyridine rings is 1. The summed E-state index contributed by atoms with van der Waals surface area (Å²) in [5.74, 6) is -4.43. The number of nitrogens with two attached hydrogens (primary N) is 1. The van der Waals surface area contributed by atoms with Crippen molar-refractivity contribution in [1.82, 2.24) is 9.88 Å². The van der Waals surface area contributed by atoms with Gasteiger partial charge >= 0.3 is 11.8 Å². The third kappa shape index (κ3) is 5.25. The van der Waals surface area contributed by atoms with Gasteiger partial charge in [0, 0.05) is 19.4 Å². The largest absolute Gasteiger partial charge is 0.383 e.